The molecule has 1 N–H and O–H groups in total. The summed E-state index contributed by atoms with van der Waals surface area (Å²) in [6.45, 7) is 2.86. The first-order valence-corrected chi connectivity index (χ1v) is 6.83. The highest BCUT2D eigenvalue weighted by Crippen LogP contribution is 2.37. The maximum Gasteiger partial charge on any atom is 0.130 e. The number of hydrogen-bond donors (Lipinski definition) is 1. The molecule has 2 nitrogen and oxygen atoms in total. The Morgan fingerprint density at radius 2 is 1.74 bits per heavy atom. The van der Waals surface area contributed by atoms with Crippen LogP contribution in [0.5, 0.6) is 11.5 Å². The molecular weight excluding hydrogens is 236 g/mol. The molecule has 0 bridgehead atoms. The predicted molar refractivity (Wildman–Crippen MR) is 78.6 cm³/mol. The topological polar surface area (TPSA) is 29.5 Å². The van der Waals surface area contributed by atoms with Crippen molar-refractivity contribution in [2.45, 2.75) is 26.2 Å². The fourth-order valence-electron chi connectivity index (χ4n) is 2.07. The molecule has 0 aliphatic heterocycles. The van der Waals surface area contributed by atoms with Crippen LogP contribution in [0.25, 0.3) is 11.1 Å². The standard InChI is InChI=1S/C17H20O2/c1-2-3-7-13-19-16-12-8-11-15(18)17(16)14-9-5-4-6-10-14/h4-6,8-12,18H,2-3,7,13H2,1H3. The molecule has 19 heavy (non-hydrogen) atoms. The quantitative estimate of drug-likeness (QED) is 0.764. The van der Waals surface area contributed by atoms with Crippen LogP contribution >= 0.6 is 0 Å². The first-order valence-electron chi connectivity index (χ1n) is 6.83. The molecule has 0 radical (unpaired) electrons. The summed E-state index contributed by atoms with van der Waals surface area (Å²) >= 11 is 0. The van der Waals surface area contributed by atoms with Gasteiger partial charge in [0.25, 0.3) is 0 Å². The Morgan fingerprint density at radius 3 is 2.47 bits per heavy atom. The van der Waals surface area contributed by atoms with Gasteiger partial charge in [-0.05, 0) is 24.1 Å². The minimum absolute atomic E-state index is 0.263. The summed E-state index contributed by atoms with van der Waals surface area (Å²) in [4.78, 5) is 0. The molecule has 0 aliphatic carbocycles. The lowest BCUT2D eigenvalue weighted by atomic mass is 10.0. The molecule has 0 heterocycles. The molecule has 2 aromatic carbocycles. The second-order valence-electron chi connectivity index (χ2n) is 4.57. The summed E-state index contributed by atoms with van der Waals surface area (Å²) in [5, 5.41) is 10.1. The Labute approximate surface area is 114 Å². The van der Waals surface area contributed by atoms with Gasteiger partial charge < -0.3 is 9.84 Å². The average Bonchev–Trinajstić information content (AvgIpc) is 2.45. The van der Waals surface area contributed by atoms with Crippen LogP contribution in [-0.4, -0.2) is 11.7 Å². The van der Waals surface area contributed by atoms with E-state index in [4.69, 9.17) is 4.74 Å². The van der Waals surface area contributed by atoms with E-state index in [1.165, 1.54) is 12.8 Å². The number of rotatable bonds is 6. The Morgan fingerprint density at radius 1 is 0.947 bits per heavy atom. The lowest BCUT2D eigenvalue weighted by Crippen LogP contribution is -1.98. The summed E-state index contributed by atoms with van der Waals surface area (Å²) in [7, 11) is 0. The molecule has 100 valence electrons. The Bertz CT molecular complexity index is 506. The van der Waals surface area contributed by atoms with E-state index in [9.17, 15) is 5.11 Å². The fourth-order valence-corrected chi connectivity index (χ4v) is 2.07. The summed E-state index contributed by atoms with van der Waals surface area (Å²) < 4.78 is 5.81. The van der Waals surface area contributed by atoms with E-state index in [-0.39, 0.29) is 5.75 Å². The zero-order valence-electron chi connectivity index (χ0n) is 11.3. The van der Waals surface area contributed by atoms with Crippen LogP contribution < -0.4 is 4.74 Å². The second kappa shape index (κ2) is 6.83. The Balaban J connectivity index is 2.22. The van der Waals surface area contributed by atoms with Crippen molar-refractivity contribution in [3.63, 3.8) is 0 Å². The van der Waals surface area contributed by atoms with Gasteiger partial charge in [-0.25, -0.2) is 0 Å². The van der Waals surface area contributed by atoms with Gasteiger partial charge in [0.2, 0.25) is 0 Å². The van der Waals surface area contributed by atoms with Crippen LogP contribution in [0.3, 0.4) is 0 Å². The van der Waals surface area contributed by atoms with Gasteiger partial charge in [0.05, 0.1) is 12.2 Å². The van der Waals surface area contributed by atoms with Gasteiger partial charge in [0, 0.05) is 0 Å². The molecule has 2 aromatic rings. The SMILES string of the molecule is CCCCCOc1cccc(O)c1-c1ccccc1. The lowest BCUT2D eigenvalue weighted by molar-refractivity contribution is 0.306. The van der Waals surface area contributed by atoms with Crippen LogP contribution in [0.4, 0.5) is 0 Å². The van der Waals surface area contributed by atoms with E-state index in [1.807, 2.05) is 42.5 Å². The average molecular weight is 256 g/mol. The van der Waals surface area contributed by atoms with Gasteiger partial charge in [-0.3, -0.25) is 0 Å². The smallest absolute Gasteiger partial charge is 0.130 e. The number of unbranched alkanes of at least 4 members (excludes halogenated alkanes) is 2. The number of ether oxygens (including phenoxy) is 1. The third kappa shape index (κ3) is 3.50. The Hall–Kier alpha value is -1.96. The highest BCUT2D eigenvalue weighted by atomic mass is 16.5. The summed E-state index contributed by atoms with van der Waals surface area (Å²) in [6.07, 6.45) is 3.38. The van der Waals surface area contributed by atoms with Crippen molar-refractivity contribution in [2.24, 2.45) is 0 Å². The largest absolute Gasteiger partial charge is 0.507 e. The molecular formula is C17H20O2. The van der Waals surface area contributed by atoms with Crippen molar-refractivity contribution in [3.8, 4) is 22.6 Å². The maximum absolute atomic E-state index is 10.1. The highest BCUT2D eigenvalue weighted by Gasteiger charge is 2.10. The minimum Gasteiger partial charge on any atom is -0.507 e. The molecule has 2 rings (SSSR count). The molecule has 0 aliphatic rings. The van der Waals surface area contributed by atoms with Crippen molar-refractivity contribution >= 4 is 0 Å². The second-order valence-corrected chi connectivity index (χ2v) is 4.57. The van der Waals surface area contributed by atoms with Gasteiger partial charge in [0.1, 0.15) is 11.5 Å². The van der Waals surface area contributed by atoms with Crippen molar-refractivity contribution in [3.05, 3.63) is 48.5 Å². The van der Waals surface area contributed by atoms with Gasteiger partial charge in [-0.2, -0.15) is 0 Å². The molecule has 0 amide bonds. The zero-order valence-corrected chi connectivity index (χ0v) is 11.3. The van der Waals surface area contributed by atoms with Crippen molar-refractivity contribution in [1.29, 1.82) is 0 Å². The zero-order chi connectivity index (χ0) is 13.5. The number of phenols is 1. The first-order chi connectivity index (χ1) is 9.33. The van der Waals surface area contributed by atoms with Crippen LogP contribution in [0.15, 0.2) is 48.5 Å². The maximum atomic E-state index is 10.1. The molecule has 0 saturated carbocycles. The third-order valence-corrected chi connectivity index (χ3v) is 3.07. The van der Waals surface area contributed by atoms with Gasteiger partial charge >= 0.3 is 0 Å². The van der Waals surface area contributed by atoms with Crippen LogP contribution in [0, 0.1) is 0 Å². The molecule has 0 spiro atoms. The molecule has 0 saturated heterocycles. The van der Waals surface area contributed by atoms with E-state index in [2.05, 4.69) is 6.92 Å². The molecule has 2 heteroatoms. The number of benzene rings is 2. The van der Waals surface area contributed by atoms with Gasteiger partial charge in [0.15, 0.2) is 0 Å². The van der Waals surface area contributed by atoms with Crippen LogP contribution in [-0.2, 0) is 0 Å². The molecule has 0 atom stereocenters. The summed E-state index contributed by atoms with van der Waals surface area (Å²) in [5.74, 6) is 1.02. The third-order valence-electron chi connectivity index (χ3n) is 3.07. The van der Waals surface area contributed by atoms with Crippen molar-refractivity contribution in [1.82, 2.24) is 0 Å². The van der Waals surface area contributed by atoms with E-state index >= 15 is 0 Å². The highest BCUT2D eigenvalue weighted by molar-refractivity contribution is 5.76. The Kier molecular flexibility index (Phi) is 4.85. The van der Waals surface area contributed by atoms with E-state index < -0.39 is 0 Å². The van der Waals surface area contributed by atoms with Crippen LogP contribution in [0.1, 0.15) is 26.2 Å². The molecule has 0 unspecified atom stereocenters. The first kappa shape index (κ1) is 13.5. The van der Waals surface area contributed by atoms with Crippen molar-refractivity contribution in [2.75, 3.05) is 6.61 Å². The van der Waals surface area contributed by atoms with Crippen LogP contribution in [0.2, 0.25) is 0 Å². The number of hydrogen-bond acceptors (Lipinski definition) is 2. The lowest BCUT2D eigenvalue weighted by Gasteiger charge is -2.13. The van der Waals surface area contributed by atoms with E-state index in [0.717, 1.165) is 23.3 Å². The van der Waals surface area contributed by atoms with Crippen molar-refractivity contribution < 1.29 is 9.84 Å². The van der Waals surface area contributed by atoms with Gasteiger partial charge in [-0.1, -0.05) is 56.2 Å². The summed E-state index contributed by atoms with van der Waals surface area (Å²) in [5.41, 5.74) is 1.76. The molecule has 0 fully saturated rings. The monoisotopic (exact) mass is 256 g/mol. The van der Waals surface area contributed by atoms with Gasteiger partial charge in [-0.15, -0.1) is 0 Å². The molecule has 0 aromatic heterocycles. The van der Waals surface area contributed by atoms with E-state index in [0.29, 0.717) is 6.61 Å². The fraction of sp³-hybridized carbons (Fsp3) is 0.294. The minimum atomic E-state index is 0.263. The van der Waals surface area contributed by atoms with E-state index in [1.54, 1.807) is 6.07 Å². The number of phenolic OH excluding ortho intramolecular Hbond substituents is 1. The number of aromatic hydroxyl groups is 1. The predicted octanol–water partition coefficient (Wildman–Crippen LogP) is 4.63. The normalized spacial score (nSPS) is 10.4. The summed E-state index contributed by atoms with van der Waals surface area (Å²) in [6, 6.07) is 15.3.